The second-order valence-corrected chi connectivity index (χ2v) is 11.6. The first kappa shape index (κ1) is 22.2. The fourth-order valence-electron chi connectivity index (χ4n) is 3.49. The first-order valence-corrected chi connectivity index (χ1v) is 13.4. The lowest BCUT2D eigenvalue weighted by Crippen LogP contribution is -2.44. The Morgan fingerprint density at radius 2 is 1.93 bits per heavy atom. The Hall–Kier alpha value is -1.46. The Morgan fingerprint density at radius 3 is 2.66 bits per heavy atom. The van der Waals surface area contributed by atoms with Crippen LogP contribution in [0.25, 0.3) is 0 Å². The largest absolute Gasteiger partial charge is 0.492 e. The molecular formula is C19H26N2O5S3. The van der Waals surface area contributed by atoms with Gasteiger partial charge in [-0.2, -0.15) is 4.31 Å². The van der Waals surface area contributed by atoms with E-state index >= 15 is 0 Å². The van der Waals surface area contributed by atoms with E-state index < -0.39 is 20.0 Å². The molecule has 1 saturated heterocycles. The summed E-state index contributed by atoms with van der Waals surface area (Å²) in [6.07, 6.45) is 2.89. The van der Waals surface area contributed by atoms with Crippen LogP contribution in [0.2, 0.25) is 0 Å². The van der Waals surface area contributed by atoms with Crippen LogP contribution >= 0.6 is 11.3 Å². The van der Waals surface area contributed by atoms with Crippen molar-refractivity contribution in [3.63, 3.8) is 0 Å². The van der Waals surface area contributed by atoms with Crippen molar-refractivity contribution in [2.24, 2.45) is 0 Å². The molecule has 1 N–H and O–H groups in total. The van der Waals surface area contributed by atoms with Crippen molar-refractivity contribution in [2.75, 3.05) is 19.7 Å². The lowest BCUT2D eigenvalue weighted by Gasteiger charge is -2.34. The number of nitrogens with one attached hydrogen (secondary N) is 1. The molecule has 3 rings (SSSR count). The van der Waals surface area contributed by atoms with E-state index in [0.717, 1.165) is 19.3 Å². The van der Waals surface area contributed by atoms with Crippen LogP contribution in [-0.4, -0.2) is 46.9 Å². The van der Waals surface area contributed by atoms with E-state index in [2.05, 4.69) is 4.72 Å². The SMILES string of the molecule is CCOc1ccccc1S(=O)(=O)NCCC1CCCCN1S(=O)(=O)c1cccs1. The summed E-state index contributed by atoms with van der Waals surface area (Å²) in [5.41, 5.74) is 0. The maximum atomic E-state index is 12.9. The molecule has 0 spiro atoms. The van der Waals surface area contributed by atoms with E-state index in [1.807, 2.05) is 0 Å². The normalized spacial score (nSPS) is 18.6. The highest BCUT2D eigenvalue weighted by molar-refractivity contribution is 7.91. The van der Waals surface area contributed by atoms with Gasteiger partial charge in [-0.15, -0.1) is 11.3 Å². The summed E-state index contributed by atoms with van der Waals surface area (Å²) in [5.74, 6) is 0.307. The molecule has 10 heteroatoms. The maximum absolute atomic E-state index is 12.9. The number of rotatable bonds is 9. The lowest BCUT2D eigenvalue weighted by molar-refractivity contribution is 0.242. The fraction of sp³-hybridized carbons (Fsp3) is 0.474. The molecular weight excluding hydrogens is 432 g/mol. The highest BCUT2D eigenvalue weighted by Gasteiger charge is 2.34. The average molecular weight is 459 g/mol. The summed E-state index contributed by atoms with van der Waals surface area (Å²) in [7, 11) is -7.30. The molecule has 1 aliphatic heterocycles. The van der Waals surface area contributed by atoms with Crippen LogP contribution in [0.3, 0.4) is 0 Å². The zero-order chi connectivity index (χ0) is 20.9. The van der Waals surface area contributed by atoms with E-state index in [-0.39, 0.29) is 17.5 Å². The van der Waals surface area contributed by atoms with Crippen LogP contribution in [-0.2, 0) is 20.0 Å². The predicted octanol–water partition coefficient (Wildman–Crippen LogP) is 3.06. The molecule has 0 saturated carbocycles. The Labute approximate surface area is 176 Å². The third-order valence-electron chi connectivity index (χ3n) is 4.84. The van der Waals surface area contributed by atoms with E-state index in [9.17, 15) is 16.8 Å². The number of nitrogens with zero attached hydrogens (tertiary/aromatic N) is 1. The minimum Gasteiger partial charge on any atom is -0.492 e. The third-order valence-corrected chi connectivity index (χ3v) is 9.66. The van der Waals surface area contributed by atoms with Crippen LogP contribution in [0.1, 0.15) is 32.6 Å². The standard InChI is InChI=1S/C19H26N2O5S3/c1-2-26-17-9-3-4-10-18(17)28(22,23)20-13-12-16-8-5-6-14-21(16)29(24,25)19-11-7-15-27-19/h3-4,7,9-11,15-16,20H,2,5-6,8,12-14H2,1H3. The van der Waals surface area contributed by atoms with Crippen molar-refractivity contribution in [1.82, 2.24) is 9.03 Å². The van der Waals surface area contributed by atoms with Gasteiger partial charge in [0, 0.05) is 19.1 Å². The van der Waals surface area contributed by atoms with Crippen molar-refractivity contribution >= 4 is 31.4 Å². The van der Waals surface area contributed by atoms with Gasteiger partial charge in [0.25, 0.3) is 10.0 Å². The molecule has 160 valence electrons. The average Bonchev–Trinajstić information content (AvgIpc) is 3.24. The van der Waals surface area contributed by atoms with Gasteiger partial charge in [-0.1, -0.05) is 24.6 Å². The van der Waals surface area contributed by atoms with Gasteiger partial charge in [0.15, 0.2) is 0 Å². The second-order valence-electron chi connectivity index (χ2n) is 6.76. The van der Waals surface area contributed by atoms with Gasteiger partial charge in [-0.25, -0.2) is 21.6 Å². The quantitative estimate of drug-likeness (QED) is 0.623. The number of hydrogen-bond acceptors (Lipinski definition) is 6. The zero-order valence-electron chi connectivity index (χ0n) is 16.3. The number of piperidine rings is 1. The van der Waals surface area contributed by atoms with Gasteiger partial charge in [-0.05, 0) is 49.8 Å². The maximum Gasteiger partial charge on any atom is 0.252 e. The van der Waals surface area contributed by atoms with Crippen molar-refractivity contribution in [3.05, 3.63) is 41.8 Å². The number of hydrogen-bond donors (Lipinski definition) is 1. The minimum absolute atomic E-state index is 0.0913. The summed E-state index contributed by atoms with van der Waals surface area (Å²) in [4.78, 5) is 0.0913. The van der Waals surface area contributed by atoms with Crippen molar-refractivity contribution in [3.8, 4) is 5.75 Å². The van der Waals surface area contributed by atoms with Gasteiger partial charge in [0.1, 0.15) is 14.9 Å². The van der Waals surface area contributed by atoms with Gasteiger partial charge >= 0.3 is 0 Å². The van der Waals surface area contributed by atoms with Gasteiger partial charge in [0.2, 0.25) is 10.0 Å². The van der Waals surface area contributed by atoms with Crippen LogP contribution in [0.5, 0.6) is 5.75 Å². The molecule has 1 aromatic heterocycles. The number of para-hydroxylation sites is 1. The van der Waals surface area contributed by atoms with Gasteiger partial charge in [-0.3, -0.25) is 0 Å². The summed E-state index contributed by atoms with van der Waals surface area (Å²) in [5, 5.41) is 1.75. The number of ether oxygens (including phenoxy) is 1. The first-order chi connectivity index (χ1) is 13.9. The van der Waals surface area contributed by atoms with Crippen LogP contribution < -0.4 is 9.46 Å². The predicted molar refractivity (Wildman–Crippen MR) is 113 cm³/mol. The molecule has 1 aromatic carbocycles. The topological polar surface area (TPSA) is 92.8 Å². The molecule has 2 heterocycles. The molecule has 2 aromatic rings. The Kier molecular flexibility index (Phi) is 7.33. The van der Waals surface area contributed by atoms with E-state index in [1.54, 1.807) is 42.6 Å². The summed E-state index contributed by atoms with van der Waals surface area (Å²) in [6, 6.07) is 9.60. The number of benzene rings is 1. The van der Waals surface area contributed by atoms with Crippen molar-refractivity contribution in [2.45, 2.75) is 47.8 Å². The molecule has 1 fully saturated rings. The van der Waals surface area contributed by atoms with E-state index in [0.29, 0.717) is 29.5 Å². The third kappa shape index (κ3) is 5.18. The lowest BCUT2D eigenvalue weighted by atomic mass is 10.0. The van der Waals surface area contributed by atoms with Crippen LogP contribution in [0.4, 0.5) is 0 Å². The molecule has 0 radical (unpaired) electrons. The summed E-state index contributed by atoms with van der Waals surface area (Å²) < 4.78 is 61.2. The van der Waals surface area contributed by atoms with Crippen molar-refractivity contribution in [1.29, 1.82) is 0 Å². The molecule has 0 amide bonds. The van der Waals surface area contributed by atoms with Crippen molar-refractivity contribution < 1.29 is 21.6 Å². The van der Waals surface area contributed by atoms with E-state index in [1.165, 1.54) is 21.7 Å². The molecule has 0 bridgehead atoms. The van der Waals surface area contributed by atoms with E-state index in [4.69, 9.17) is 4.74 Å². The Bertz CT molecular complexity index is 1000. The molecule has 0 aliphatic carbocycles. The smallest absolute Gasteiger partial charge is 0.252 e. The van der Waals surface area contributed by atoms with Gasteiger partial charge in [0.05, 0.1) is 6.61 Å². The second kappa shape index (κ2) is 9.57. The number of thiophene rings is 1. The van der Waals surface area contributed by atoms with Gasteiger partial charge < -0.3 is 4.74 Å². The molecule has 7 nitrogen and oxygen atoms in total. The summed E-state index contributed by atoms with van der Waals surface area (Å²) >= 11 is 1.20. The van der Waals surface area contributed by atoms with Crippen LogP contribution in [0.15, 0.2) is 50.9 Å². The number of sulfonamides is 2. The molecule has 1 aliphatic rings. The first-order valence-electron chi connectivity index (χ1n) is 9.63. The Morgan fingerprint density at radius 1 is 1.14 bits per heavy atom. The minimum atomic E-state index is -3.75. The monoisotopic (exact) mass is 458 g/mol. The molecule has 29 heavy (non-hydrogen) atoms. The summed E-state index contributed by atoms with van der Waals surface area (Å²) in [6.45, 7) is 2.78. The Balaban J connectivity index is 1.68. The zero-order valence-corrected chi connectivity index (χ0v) is 18.7. The highest BCUT2D eigenvalue weighted by atomic mass is 32.2. The molecule has 1 atom stereocenters. The highest BCUT2D eigenvalue weighted by Crippen LogP contribution is 2.29. The van der Waals surface area contributed by atoms with Crippen LogP contribution in [0, 0.1) is 0 Å². The fourth-order valence-corrected chi connectivity index (χ4v) is 7.52. The molecule has 1 unspecified atom stereocenters.